The lowest BCUT2D eigenvalue weighted by molar-refractivity contribution is -0.168. The highest BCUT2D eigenvalue weighted by atomic mass is 28.4. The van der Waals surface area contributed by atoms with Gasteiger partial charge in [-0.25, -0.2) is 0 Å². The second-order valence-corrected chi connectivity index (χ2v) is 12.8. The van der Waals surface area contributed by atoms with Crippen molar-refractivity contribution in [1.29, 1.82) is 0 Å². The van der Waals surface area contributed by atoms with Gasteiger partial charge in [-0.05, 0) is 48.5 Å². The topological polar surface area (TPSA) is 27.7 Å². The number of hydrogen-bond donors (Lipinski definition) is 0. The maximum Gasteiger partial charge on any atom is 0.192 e. The molecule has 1 fully saturated rings. The molecule has 0 radical (unpaired) electrons. The normalized spacial score (nSPS) is 19.8. The van der Waals surface area contributed by atoms with Gasteiger partial charge in [-0.3, -0.25) is 0 Å². The lowest BCUT2D eigenvalue weighted by Gasteiger charge is -2.36. The fraction of sp³-hybridized carbons (Fsp3) is 0.684. The maximum atomic E-state index is 6.26. The van der Waals surface area contributed by atoms with E-state index in [0.717, 1.165) is 19.4 Å². The maximum absolute atomic E-state index is 6.26. The number of hydrogen-bond acceptors (Lipinski definition) is 3. The molecule has 4 heteroatoms. The second-order valence-electron chi connectivity index (χ2n) is 7.97. The molecule has 23 heavy (non-hydrogen) atoms. The molecule has 1 aromatic rings. The van der Waals surface area contributed by atoms with Crippen LogP contribution in [0.3, 0.4) is 0 Å². The summed E-state index contributed by atoms with van der Waals surface area (Å²) < 4.78 is 17.7. The minimum atomic E-state index is -1.68. The molecule has 1 aromatic carbocycles. The monoisotopic (exact) mass is 336 g/mol. The highest BCUT2D eigenvalue weighted by Gasteiger charge is 2.36. The van der Waals surface area contributed by atoms with Gasteiger partial charge >= 0.3 is 0 Å². The Morgan fingerprint density at radius 2 is 1.65 bits per heavy atom. The van der Waals surface area contributed by atoms with E-state index in [1.165, 1.54) is 17.5 Å². The molecule has 0 aromatic heterocycles. The Labute approximate surface area is 142 Å². The molecular weight excluding hydrogens is 304 g/mol. The van der Waals surface area contributed by atoms with Crippen LogP contribution < -0.4 is 0 Å². The molecule has 130 valence electrons. The number of benzene rings is 1. The van der Waals surface area contributed by atoms with Crippen molar-refractivity contribution in [3.8, 4) is 0 Å². The van der Waals surface area contributed by atoms with Crippen molar-refractivity contribution >= 4 is 8.32 Å². The van der Waals surface area contributed by atoms with Crippen molar-refractivity contribution in [1.82, 2.24) is 0 Å². The van der Waals surface area contributed by atoms with Gasteiger partial charge in [0.05, 0.1) is 13.2 Å². The summed E-state index contributed by atoms with van der Waals surface area (Å²) in [6, 6.07) is 8.56. The Hall–Kier alpha value is -0.683. The lowest BCUT2D eigenvalue weighted by Crippen LogP contribution is -2.40. The predicted octanol–water partition coefficient (Wildman–Crippen LogP) is 5.25. The van der Waals surface area contributed by atoms with E-state index in [2.05, 4.69) is 58.1 Å². The largest absolute Gasteiger partial charge is 0.413 e. The van der Waals surface area contributed by atoms with E-state index < -0.39 is 8.32 Å². The van der Waals surface area contributed by atoms with Crippen LogP contribution in [0.2, 0.25) is 18.1 Å². The molecule has 1 heterocycles. The quantitative estimate of drug-likeness (QED) is 0.664. The number of ether oxygens (including phenoxy) is 2. The highest BCUT2D eigenvalue weighted by Crippen LogP contribution is 2.37. The molecule has 1 unspecified atom stereocenters. The molecule has 0 aliphatic carbocycles. The second kappa shape index (κ2) is 7.93. The highest BCUT2D eigenvalue weighted by molar-refractivity contribution is 6.74. The van der Waals surface area contributed by atoms with Gasteiger partial charge < -0.3 is 13.9 Å². The van der Waals surface area contributed by atoms with Crippen LogP contribution in [0, 0.1) is 0 Å². The summed E-state index contributed by atoms with van der Waals surface area (Å²) in [5.41, 5.74) is 2.42. The van der Waals surface area contributed by atoms with Gasteiger partial charge in [-0.15, -0.1) is 0 Å². The van der Waals surface area contributed by atoms with Gasteiger partial charge in [0.25, 0.3) is 0 Å². The van der Waals surface area contributed by atoms with Gasteiger partial charge in [-0.1, -0.05) is 45.0 Å². The third-order valence-corrected chi connectivity index (χ3v) is 9.48. The van der Waals surface area contributed by atoms with E-state index in [0.29, 0.717) is 13.2 Å². The summed E-state index contributed by atoms with van der Waals surface area (Å²) in [6.45, 7) is 13.5. The summed E-state index contributed by atoms with van der Waals surface area (Å²) in [7, 11) is -1.68. The third kappa shape index (κ3) is 5.71. The SMILES string of the molecule is CC(C)(C)[Si](C)(C)OCc1ccc(COC2CCCCO2)cc1. The standard InChI is InChI=1S/C19H32O3Si/c1-19(2,3)23(4,5)22-15-17-11-9-16(10-12-17)14-21-18-8-6-7-13-20-18/h9-12,18H,6-8,13-15H2,1-5H3. The van der Waals surface area contributed by atoms with Crippen molar-refractivity contribution in [2.24, 2.45) is 0 Å². The molecule has 3 nitrogen and oxygen atoms in total. The Balaban J connectivity index is 1.80. The lowest BCUT2D eigenvalue weighted by atomic mass is 10.1. The molecule has 0 saturated carbocycles. The van der Waals surface area contributed by atoms with Crippen molar-refractivity contribution in [2.75, 3.05) is 6.61 Å². The Morgan fingerprint density at radius 1 is 1.04 bits per heavy atom. The van der Waals surface area contributed by atoms with E-state index in [1.807, 2.05) is 0 Å². The minimum absolute atomic E-state index is 0.0228. The molecule has 2 rings (SSSR count). The third-order valence-electron chi connectivity index (χ3n) is 5.00. The summed E-state index contributed by atoms with van der Waals surface area (Å²) in [5, 5.41) is 0.251. The molecule has 0 amide bonds. The van der Waals surface area contributed by atoms with Crippen LogP contribution in [-0.2, 0) is 27.1 Å². The van der Waals surface area contributed by atoms with Gasteiger partial charge in [0, 0.05) is 6.61 Å². The van der Waals surface area contributed by atoms with E-state index >= 15 is 0 Å². The van der Waals surface area contributed by atoms with E-state index in [1.54, 1.807) is 0 Å². The fourth-order valence-corrected chi connectivity index (χ4v) is 3.20. The van der Waals surface area contributed by atoms with Gasteiger partial charge in [0.15, 0.2) is 14.6 Å². The van der Waals surface area contributed by atoms with Crippen LogP contribution in [0.1, 0.15) is 51.2 Å². The van der Waals surface area contributed by atoms with Crippen molar-refractivity contribution in [2.45, 2.75) is 77.7 Å². The summed E-state index contributed by atoms with van der Waals surface area (Å²) in [5.74, 6) is 0. The average molecular weight is 337 g/mol. The van der Waals surface area contributed by atoms with Crippen molar-refractivity contribution in [3.63, 3.8) is 0 Å². The fourth-order valence-electron chi connectivity index (χ4n) is 2.24. The van der Waals surface area contributed by atoms with Crippen molar-refractivity contribution in [3.05, 3.63) is 35.4 Å². The van der Waals surface area contributed by atoms with Crippen LogP contribution >= 0.6 is 0 Å². The summed E-state index contributed by atoms with van der Waals surface area (Å²) in [6.07, 6.45) is 3.35. The Kier molecular flexibility index (Phi) is 6.43. The van der Waals surface area contributed by atoms with E-state index in [-0.39, 0.29) is 11.3 Å². The van der Waals surface area contributed by atoms with Crippen molar-refractivity contribution < 1.29 is 13.9 Å². The molecule has 0 N–H and O–H groups in total. The Morgan fingerprint density at radius 3 is 2.17 bits per heavy atom. The molecule has 0 spiro atoms. The first kappa shape index (κ1) is 18.7. The average Bonchev–Trinajstić information content (AvgIpc) is 2.52. The summed E-state index contributed by atoms with van der Waals surface area (Å²) >= 11 is 0. The van der Waals surface area contributed by atoms with Gasteiger partial charge in [-0.2, -0.15) is 0 Å². The number of rotatable bonds is 6. The summed E-state index contributed by atoms with van der Waals surface area (Å²) in [4.78, 5) is 0. The van der Waals surface area contributed by atoms with Crippen LogP contribution in [0.25, 0.3) is 0 Å². The first-order valence-electron chi connectivity index (χ1n) is 8.73. The van der Waals surface area contributed by atoms with Crippen LogP contribution in [0.15, 0.2) is 24.3 Å². The molecule has 0 bridgehead atoms. The van der Waals surface area contributed by atoms with Gasteiger partial charge in [0.2, 0.25) is 0 Å². The van der Waals surface area contributed by atoms with Crippen LogP contribution in [-0.4, -0.2) is 21.2 Å². The first-order chi connectivity index (χ1) is 10.8. The predicted molar refractivity (Wildman–Crippen MR) is 96.8 cm³/mol. The molecular formula is C19H32O3Si. The minimum Gasteiger partial charge on any atom is -0.413 e. The zero-order valence-electron chi connectivity index (χ0n) is 15.4. The van der Waals surface area contributed by atoms with Crippen LogP contribution in [0.5, 0.6) is 0 Å². The zero-order valence-corrected chi connectivity index (χ0v) is 16.4. The van der Waals surface area contributed by atoms with E-state index in [4.69, 9.17) is 13.9 Å². The Bertz CT molecular complexity index is 470. The van der Waals surface area contributed by atoms with Gasteiger partial charge in [0.1, 0.15) is 0 Å². The molecule has 1 saturated heterocycles. The zero-order chi connectivity index (χ0) is 16.9. The van der Waals surface area contributed by atoms with E-state index in [9.17, 15) is 0 Å². The smallest absolute Gasteiger partial charge is 0.192 e. The first-order valence-corrected chi connectivity index (χ1v) is 11.6. The molecule has 1 aliphatic rings. The molecule has 1 aliphatic heterocycles. The van der Waals surface area contributed by atoms with Crippen LogP contribution in [0.4, 0.5) is 0 Å². The molecule has 1 atom stereocenters.